The molecule has 1 aromatic carbocycles. The topological polar surface area (TPSA) is 93.2 Å². The number of non-ortho nitro benzene ring substituents is 1. The van der Waals surface area contributed by atoms with Crippen molar-refractivity contribution in [2.75, 3.05) is 18.4 Å². The number of aromatic nitrogens is 1. The molecule has 2 heterocycles. The van der Waals surface area contributed by atoms with Crippen molar-refractivity contribution in [2.24, 2.45) is 0 Å². The lowest BCUT2D eigenvalue weighted by atomic mass is 10.2. The minimum Gasteiger partial charge on any atom is -0.424 e. The first-order chi connectivity index (χ1) is 9.22. The van der Waals surface area contributed by atoms with Crippen molar-refractivity contribution >= 4 is 22.8 Å². The van der Waals surface area contributed by atoms with E-state index in [1.807, 2.05) is 0 Å². The Balaban J connectivity index is 1.75. The van der Waals surface area contributed by atoms with E-state index in [2.05, 4.69) is 15.6 Å². The summed E-state index contributed by atoms with van der Waals surface area (Å²) >= 11 is 0. The van der Waals surface area contributed by atoms with Crippen molar-refractivity contribution in [1.82, 2.24) is 10.3 Å². The van der Waals surface area contributed by atoms with E-state index in [9.17, 15) is 10.1 Å². The van der Waals surface area contributed by atoms with Crippen molar-refractivity contribution in [3.8, 4) is 0 Å². The highest BCUT2D eigenvalue weighted by molar-refractivity contribution is 5.77. The molecule has 0 radical (unpaired) electrons. The number of nitrogens with zero attached hydrogens (tertiary/aromatic N) is 2. The van der Waals surface area contributed by atoms with Crippen LogP contribution in [0.25, 0.3) is 11.1 Å². The largest absolute Gasteiger partial charge is 0.424 e. The molecule has 0 saturated carbocycles. The van der Waals surface area contributed by atoms with Crippen molar-refractivity contribution in [2.45, 2.75) is 18.9 Å². The molecular weight excluding hydrogens is 248 g/mol. The number of rotatable bonds is 4. The predicted octanol–water partition coefficient (Wildman–Crippen LogP) is 1.90. The summed E-state index contributed by atoms with van der Waals surface area (Å²) in [6.45, 7) is 1.79. The number of nitrogens with one attached hydrogen (secondary N) is 2. The summed E-state index contributed by atoms with van der Waals surface area (Å²) in [6.07, 6.45) is 2.32. The summed E-state index contributed by atoms with van der Waals surface area (Å²) in [5.41, 5.74) is 1.06. The quantitative estimate of drug-likeness (QED) is 0.645. The average molecular weight is 262 g/mol. The fraction of sp³-hybridized carbons (Fsp3) is 0.417. The van der Waals surface area contributed by atoms with Crippen LogP contribution in [0.3, 0.4) is 0 Å². The van der Waals surface area contributed by atoms with Crippen molar-refractivity contribution < 1.29 is 9.34 Å². The highest BCUT2D eigenvalue weighted by Crippen LogP contribution is 2.23. The van der Waals surface area contributed by atoms with Gasteiger partial charge in [-0.05, 0) is 25.5 Å². The third kappa shape index (κ3) is 2.50. The van der Waals surface area contributed by atoms with Crippen LogP contribution in [0.2, 0.25) is 0 Å². The number of nitro benzene ring substituents is 1. The van der Waals surface area contributed by atoms with Gasteiger partial charge in [-0.15, -0.1) is 0 Å². The van der Waals surface area contributed by atoms with Crippen LogP contribution in [-0.4, -0.2) is 29.0 Å². The van der Waals surface area contributed by atoms with Gasteiger partial charge in [0.25, 0.3) is 11.7 Å². The molecule has 2 aromatic rings. The van der Waals surface area contributed by atoms with Gasteiger partial charge in [0.05, 0.1) is 4.92 Å². The van der Waals surface area contributed by atoms with Gasteiger partial charge in [0, 0.05) is 24.7 Å². The summed E-state index contributed by atoms with van der Waals surface area (Å²) in [5, 5.41) is 17.2. The van der Waals surface area contributed by atoms with E-state index in [-0.39, 0.29) is 5.69 Å². The Kier molecular flexibility index (Phi) is 3.04. The lowest BCUT2D eigenvalue weighted by molar-refractivity contribution is -0.384. The molecule has 0 spiro atoms. The maximum Gasteiger partial charge on any atom is 0.295 e. The summed E-state index contributed by atoms with van der Waals surface area (Å²) < 4.78 is 5.49. The minimum absolute atomic E-state index is 0.0183. The van der Waals surface area contributed by atoms with Gasteiger partial charge in [-0.25, -0.2) is 0 Å². The van der Waals surface area contributed by atoms with Crippen LogP contribution < -0.4 is 10.6 Å². The third-order valence-corrected chi connectivity index (χ3v) is 3.24. The van der Waals surface area contributed by atoms with Gasteiger partial charge >= 0.3 is 0 Å². The van der Waals surface area contributed by atoms with Crippen molar-refractivity contribution in [1.29, 1.82) is 0 Å². The van der Waals surface area contributed by atoms with E-state index in [4.69, 9.17) is 4.42 Å². The second-order valence-electron chi connectivity index (χ2n) is 4.60. The van der Waals surface area contributed by atoms with E-state index in [0.29, 0.717) is 23.2 Å². The standard InChI is InChI=1S/C12H14N4O3/c17-16(18)9-3-4-11-10(6-9)15-12(19-11)14-7-8-2-1-5-13-8/h3-4,6,8,13H,1-2,5,7H2,(H,14,15)/t8-/m0/s1. The van der Waals surface area contributed by atoms with Crippen molar-refractivity contribution in [3.63, 3.8) is 0 Å². The number of anilines is 1. The Morgan fingerprint density at radius 3 is 3.21 bits per heavy atom. The van der Waals surface area contributed by atoms with Crippen LogP contribution in [-0.2, 0) is 0 Å². The lowest BCUT2D eigenvalue weighted by Crippen LogP contribution is -2.29. The molecule has 1 aliphatic heterocycles. The van der Waals surface area contributed by atoms with Crippen LogP contribution in [0.4, 0.5) is 11.7 Å². The molecule has 1 atom stereocenters. The Hall–Kier alpha value is -2.15. The molecule has 1 aromatic heterocycles. The monoisotopic (exact) mass is 262 g/mol. The second kappa shape index (κ2) is 4.85. The number of hydrogen-bond donors (Lipinski definition) is 2. The first kappa shape index (κ1) is 11.9. The highest BCUT2D eigenvalue weighted by Gasteiger charge is 2.15. The number of fused-ring (bicyclic) bond motifs is 1. The molecule has 0 amide bonds. The summed E-state index contributed by atoms with van der Waals surface area (Å²) in [7, 11) is 0. The summed E-state index contributed by atoms with van der Waals surface area (Å²) in [6, 6.07) is 5.24. The molecule has 1 aliphatic rings. The highest BCUT2D eigenvalue weighted by atomic mass is 16.6. The average Bonchev–Trinajstić information content (AvgIpc) is 3.04. The first-order valence-electron chi connectivity index (χ1n) is 6.24. The smallest absolute Gasteiger partial charge is 0.295 e. The maximum absolute atomic E-state index is 10.7. The van der Waals surface area contributed by atoms with Gasteiger partial charge in [0.2, 0.25) is 0 Å². The molecule has 0 bridgehead atoms. The van der Waals surface area contributed by atoms with Gasteiger partial charge in [-0.1, -0.05) is 0 Å². The summed E-state index contributed by atoms with van der Waals surface area (Å²) in [5.74, 6) is 0. The van der Waals surface area contributed by atoms with E-state index < -0.39 is 4.92 Å². The molecule has 7 nitrogen and oxygen atoms in total. The molecule has 0 unspecified atom stereocenters. The van der Waals surface area contributed by atoms with Crippen LogP contribution in [0.1, 0.15) is 12.8 Å². The van der Waals surface area contributed by atoms with Crippen LogP contribution in [0, 0.1) is 10.1 Å². The Morgan fingerprint density at radius 1 is 1.58 bits per heavy atom. The normalized spacial score (nSPS) is 18.8. The maximum atomic E-state index is 10.7. The molecule has 19 heavy (non-hydrogen) atoms. The lowest BCUT2D eigenvalue weighted by Gasteiger charge is -2.09. The fourth-order valence-electron chi connectivity index (χ4n) is 2.25. The molecule has 100 valence electrons. The third-order valence-electron chi connectivity index (χ3n) is 3.24. The van der Waals surface area contributed by atoms with Gasteiger partial charge in [-0.3, -0.25) is 10.1 Å². The predicted molar refractivity (Wildman–Crippen MR) is 70.2 cm³/mol. The molecule has 7 heteroatoms. The molecule has 2 N–H and O–H groups in total. The van der Waals surface area contributed by atoms with Gasteiger partial charge in [0.15, 0.2) is 5.58 Å². The first-order valence-corrected chi connectivity index (χ1v) is 6.24. The fourth-order valence-corrected chi connectivity index (χ4v) is 2.25. The molecule has 1 saturated heterocycles. The van der Waals surface area contributed by atoms with E-state index in [1.165, 1.54) is 18.6 Å². The molecule has 0 aliphatic carbocycles. The van der Waals surface area contributed by atoms with Crippen LogP contribution >= 0.6 is 0 Å². The zero-order valence-corrected chi connectivity index (χ0v) is 10.3. The number of benzene rings is 1. The zero-order valence-electron chi connectivity index (χ0n) is 10.3. The molecule has 3 rings (SSSR count). The Labute approximate surface area is 109 Å². The SMILES string of the molecule is O=[N+]([O-])c1ccc2oc(NC[C@@H]3CCCN3)nc2c1. The number of nitro groups is 1. The minimum atomic E-state index is -0.441. The number of hydrogen-bond acceptors (Lipinski definition) is 6. The van der Waals surface area contributed by atoms with Crippen molar-refractivity contribution in [3.05, 3.63) is 28.3 Å². The second-order valence-corrected chi connectivity index (χ2v) is 4.60. The zero-order chi connectivity index (χ0) is 13.2. The number of oxazole rings is 1. The molecule has 1 fully saturated rings. The van der Waals surface area contributed by atoms with Gasteiger partial charge in [-0.2, -0.15) is 4.98 Å². The van der Waals surface area contributed by atoms with Crippen LogP contribution in [0.15, 0.2) is 22.6 Å². The Morgan fingerprint density at radius 2 is 2.47 bits per heavy atom. The van der Waals surface area contributed by atoms with Gasteiger partial charge < -0.3 is 15.1 Å². The van der Waals surface area contributed by atoms with Crippen LogP contribution in [0.5, 0.6) is 0 Å². The summed E-state index contributed by atoms with van der Waals surface area (Å²) in [4.78, 5) is 14.4. The van der Waals surface area contributed by atoms with E-state index >= 15 is 0 Å². The van der Waals surface area contributed by atoms with Gasteiger partial charge in [0.1, 0.15) is 5.52 Å². The molecular formula is C12H14N4O3. The Bertz CT molecular complexity index is 604. The van der Waals surface area contributed by atoms with E-state index in [0.717, 1.165) is 19.5 Å². The van der Waals surface area contributed by atoms with E-state index in [1.54, 1.807) is 6.07 Å².